The Morgan fingerprint density at radius 2 is 2.38 bits per heavy atom. The standard InChI is InChI=1S/C8H10N2O2.HI/c11-5-4-10-3-1-2-8(6-10)9-7-12;/h1-3,6-7,11H,4-5H2;1H. The molecular weight excluding hydrogens is 283 g/mol. The van der Waals surface area contributed by atoms with Crippen molar-refractivity contribution >= 4 is 12.1 Å². The van der Waals surface area contributed by atoms with E-state index in [-0.39, 0.29) is 30.6 Å². The van der Waals surface area contributed by atoms with Gasteiger partial charge in [0.2, 0.25) is 6.41 Å². The maximum absolute atomic E-state index is 10.1. The van der Waals surface area contributed by atoms with E-state index in [0.717, 1.165) is 5.69 Å². The molecule has 1 amide bonds. The zero-order valence-corrected chi connectivity index (χ0v) is 9.14. The highest BCUT2D eigenvalue weighted by atomic mass is 127. The van der Waals surface area contributed by atoms with Gasteiger partial charge in [-0.2, -0.15) is 0 Å². The van der Waals surface area contributed by atoms with Crippen LogP contribution in [0.15, 0.2) is 24.5 Å². The third-order valence-corrected chi connectivity index (χ3v) is 1.44. The fraction of sp³-hybridized carbons (Fsp3) is 0.250. The maximum atomic E-state index is 10.1. The first-order valence-electron chi connectivity index (χ1n) is 3.67. The average molecular weight is 294 g/mol. The molecule has 5 heteroatoms. The molecule has 72 valence electrons. The summed E-state index contributed by atoms with van der Waals surface area (Å²) in [6.07, 6.45) is 4.20. The summed E-state index contributed by atoms with van der Waals surface area (Å²) in [6, 6.07) is 3.59. The first-order valence-corrected chi connectivity index (χ1v) is 3.67. The number of hydrogen-bond donors (Lipinski definition) is 2. The Morgan fingerprint density at radius 3 is 3.00 bits per heavy atom. The molecule has 0 saturated carbocycles. The van der Waals surface area contributed by atoms with Gasteiger partial charge in [0, 0.05) is 6.07 Å². The Hall–Kier alpha value is -0.690. The summed E-state index contributed by atoms with van der Waals surface area (Å²) < 4.78 is 1.80. The van der Waals surface area contributed by atoms with Gasteiger partial charge < -0.3 is 34.4 Å². The van der Waals surface area contributed by atoms with Crippen LogP contribution >= 0.6 is 0 Å². The lowest BCUT2D eigenvalue weighted by atomic mass is 10.4. The van der Waals surface area contributed by atoms with Crippen LogP contribution in [0.5, 0.6) is 0 Å². The number of pyridine rings is 1. The van der Waals surface area contributed by atoms with Crippen molar-refractivity contribution in [1.29, 1.82) is 0 Å². The molecule has 0 aromatic carbocycles. The van der Waals surface area contributed by atoms with Crippen molar-refractivity contribution in [2.45, 2.75) is 6.54 Å². The van der Waals surface area contributed by atoms with Gasteiger partial charge in [0.15, 0.2) is 18.9 Å². The minimum Gasteiger partial charge on any atom is -1.00 e. The maximum Gasteiger partial charge on any atom is 0.211 e. The number of aliphatic hydroxyl groups is 1. The van der Waals surface area contributed by atoms with E-state index in [0.29, 0.717) is 13.0 Å². The van der Waals surface area contributed by atoms with Gasteiger partial charge in [0.05, 0.1) is 0 Å². The van der Waals surface area contributed by atoms with Crippen molar-refractivity contribution in [2.24, 2.45) is 0 Å². The van der Waals surface area contributed by atoms with Crippen molar-refractivity contribution < 1.29 is 38.4 Å². The highest BCUT2D eigenvalue weighted by Crippen LogP contribution is 1.98. The van der Waals surface area contributed by atoms with E-state index in [2.05, 4.69) is 5.32 Å². The highest BCUT2D eigenvalue weighted by molar-refractivity contribution is 5.69. The molecule has 2 N–H and O–H groups in total. The molecule has 1 aromatic heterocycles. The van der Waals surface area contributed by atoms with Gasteiger partial charge in [-0.05, 0) is 6.07 Å². The fourth-order valence-electron chi connectivity index (χ4n) is 0.930. The monoisotopic (exact) mass is 294 g/mol. The molecule has 0 atom stereocenters. The quantitative estimate of drug-likeness (QED) is 0.345. The average Bonchev–Trinajstić information content (AvgIpc) is 2.06. The van der Waals surface area contributed by atoms with Crippen molar-refractivity contribution in [3.8, 4) is 0 Å². The summed E-state index contributed by atoms with van der Waals surface area (Å²) in [5, 5.41) is 11.2. The molecule has 4 nitrogen and oxygen atoms in total. The lowest BCUT2D eigenvalue weighted by Gasteiger charge is -1.96. The van der Waals surface area contributed by atoms with Crippen LogP contribution in [-0.4, -0.2) is 18.1 Å². The predicted molar refractivity (Wildman–Crippen MR) is 43.4 cm³/mol. The first-order chi connectivity index (χ1) is 5.86. The molecule has 1 heterocycles. The molecule has 1 rings (SSSR count). The lowest BCUT2D eigenvalue weighted by molar-refractivity contribution is -0.697. The number of rotatable bonds is 4. The molecule has 0 fully saturated rings. The van der Waals surface area contributed by atoms with E-state index < -0.39 is 0 Å². The van der Waals surface area contributed by atoms with E-state index in [1.165, 1.54) is 0 Å². The molecule has 0 radical (unpaired) electrons. The number of anilines is 1. The summed E-state index contributed by atoms with van der Waals surface area (Å²) in [6.45, 7) is 0.629. The number of aliphatic hydroxyl groups excluding tert-OH is 1. The summed E-state index contributed by atoms with van der Waals surface area (Å²) in [5.74, 6) is 0. The smallest absolute Gasteiger partial charge is 0.211 e. The zero-order chi connectivity index (χ0) is 8.81. The van der Waals surface area contributed by atoms with Crippen LogP contribution in [-0.2, 0) is 11.3 Å². The van der Waals surface area contributed by atoms with E-state index in [1.807, 2.05) is 12.3 Å². The topological polar surface area (TPSA) is 53.2 Å². The first kappa shape index (κ1) is 12.3. The number of halogens is 1. The van der Waals surface area contributed by atoms with E-state index in [4.69, 9.17) is 5.11 Å². The second-order valence-corrected chi connectivity index (χ2v) is 2.32. The number of aromatic nitrogens is 1. The molecule has 0 aliphatic carbocycles. The number of nitrogens with zero attached hydrogens (tertiary/aromatic N) is 1. The molecular formula is C8H11IN2O2. The summed E-state index contributed by atoms with van der Waals surface area (Å²) >= 11 is 0. The summed E-state index contributed by atoms with van der Waals surface area (Å²) in [5.41, 5.74) is 0.723. The Labute approximate surface area is 93.6 Å². The van der Waals surface area contributed by atoms with E-state index >= 15 is 0 Å². The molecule has 0 saturated heterocycles. The molecule has 0 aliphatic heterocycles. The van der Waals surface area contributed by atoms with Crippen LogP contribution in [0.1, 0.15) is 0 Å². The van der Waals surface area contributed by atoms with Crippen molar-refractivity contribution in [3.63, 3.8) is 0 Å². The van der Waals surface area contributed by atoms with Crippen LogP contribution in [0.2, 0.25) is 0 Å². The van der Waals surface area contributed by atoms with Gasteiger partial charge in [-0.25, -0.2) is 4.57 Å². The zero-order valence-electron chi connectivity index (χ0n) is 6.98. The van der Waals surface area contributed by atoms with Gasteiger partial charge in [0.1, 0.15) is 12.3 Å². The largest absolute Gasteiger partial charge is 1.00 e. The number of amides is 1. The second-order valence-electron chi connectivity index (χ2n) is 2.32. The molecule has 13 heavy (non-hydrogen) atoms. The number of hydrogen-bond acceptors (Lipinski definition) is 2. The Balaban J connectivity index is 0.00000144. The SMILES string of the molecule is O=CNc1ccc[n+](CCO)c1.[I-]. The van der Waals surface area contributed by atoms with Crippen LogP contribution in [0.3, 0.4) is 0 Å². The van der Waals surface area contributed by atoms with Gasteiger partial charge in [0.25, 0.3) is 0 Å². The Kier molecular flexibility index (Phi) is 6.43. The van der Waals surface area contributed by atoms with E-state index in [1.54, 1.807) is 16.8 Å². The summed E-state index contributed by atoms with van der Waals surface area (Å²) in [7, 11) is 0. The number of carbonyl (C=O) groups is 1. The third kappa shape index (κ3) is 4.18. The molecule has 0 unspecified atom stereocenters. The predicted octanol–water partition coefficient (Wildman–Crippen LogP) is -3.46. The number of nitrogens with one attached hydrogen (secondary N) is 1. The van der Waals surface area contributed by atoms with Crippen molar-refractivity contribution in [3.05, 3.63) is 24.5 Å². The molecule has 1 aromatic rings. The van der Waals surface area contributed by atoms with Crippen LogP contribution in [0.4, 0.5) is 5.69 Å². The second kappa shape index (κ2) is 6.79. The molecule has 0 spiro atoms. The van der Waals surface area contributed by atoms with Crippen LogP contribution in [0.25, 0.3) is 0 Å². The highest BCUT2D eigenvalue weighted by Gasteiger charge is 1.99. The lowest BCUT2D eigenvalue weighted by Crippen LogP contribution is -3.00. The van der Waals surface area contributed by atoms with Crippen LogP contribution in [0, 0.1) is 0 Å². The minimum absolute atomic E-state index is 0. The fourth-order valence-corrected chi connectivity index (χ4v) is 0.930. The van der Waals surface area contributed by atoms with Crippen molar-refractivity contribution in [2.75, 3.05) is 11.9 Å². The Morgan fingerprint density at radius 1 is 1.62 bits per heavy atom. The van der Waals surface area contributed by atoms with Gasteiger partial charge in [-0.3, -0.25) is 4.79 Å². The third-order valence-electron chi connectivity index (χ3n) is 1.44. The summed E-state index contributed by atoms with van der Waals surface area (Å²) in [4.78, 5) is 10.1. The van der Waals surface area contributed by atoms with Gasteiger partial charge >= 0.3 is 0 Å². The number of carbonyl (C=O) groups excluding carboxylic acids is 1. The Bertz CT molecular complexity index is 268. The van der Waals surface area contributed by atoms with E-state index in [9.17, 15) is 4.79 Å². The van der Waals surface area contributed by atoms with Crippen LogP contribution < -0.4 is 33.9 Å². The van der Waals surface area contributed by atoms with Gasteiger partial charge in [-0.15, -0.1) is 0 Å². The molecule has 0 aliphatic rings. The van der Waals surface area contributed by atoms with Crippen molar-refractivity contribution in [1.82, 2.24) is 0 Å². The minimum atomic E-state index is 0. The molecule has 0 bridgehead atoms. The normalized spacial score (nSPS) is 8.69. The van der Waals surface area contributed by atoms with Gasteiger partial charge in [-0.1, -0.05) is 0 Å².